The first-order chi connectivity index (χ1) is 14.6. The van der Waals surface area contributed by atoms with Crippen molar-refractivity contribution < 1.29 is 32.9 Å². The van der Waals surface area contributed by atoms with Crippen LogP contribution in [0, 0.1) is 0 Å². The molecular weight excluding hydrogens is 415 g/mol. The van der Waals surface area contributed by atoms with Crippen molar-refractivity contribution in [1.82, 2.24) is 4.98 Å². The van der Waals surface area contributed by atoms with E-state index in [1.807, 2.05) is 0 Å². The van der Waals surface area contributed by atoms with Gasteiger partial charge >= 0.3 is 6.18 Å². The lowest BCUT2D eigenvalue weighted by Gasteiger charge is -2.15. The molecule has 1 aromatic heterocycles. The summed E-state index contributed by atoms with van der Waals surface area (Å²) in [4.78, 5) is 15.7. The largest absolute Gasteiger partial charge is 0.457 e. The minimum Gasteiger partial charge on any atom is -0.457 e. The van der Waals surface area contributed by atoms with Crippen LogP contribution in [0.15, 0.2) is 54.6 Å². The Morgan fingerprint density at radius 3 is 2.35 bits per heavy atom. The second-order valence-corrected chi connectivity index (χ2v) is 6.61. The number of nitrogens with two attached hydrogens (primary N) is 2. The van der Waals surface area contributed by atoms with Gasteiger partial charge in [0.25, 0.3) is 5.91 Å². The smallest absolute Gasteiger partial charge is 0.420 e. The number of carbonyl (C=O) groups excluding carboxylic acids is 1. The summed E-state index contributed by atoms with van der Waals surface area (Å²) in [6, 6.07) is 11.8. The number of aliphatic hydroxyl groups excluding tert-OH is 2. The van der Waals surface area contributed by atoms with Crippen molar-refractivity contribution in [1.29, 1.82) is 0 Å². The number of carbonyl (C=O) groups is 1. The number of hydrogen-bond donors (Lipinski definition) is 4. The maximum Gasteiger partial charge on any atom is 0.420 e. The van der Waals surface area contributed by atoms with Crippen molar-refractivity contribution in [3.8, 4) is 22.8 Å². The lowest BCUT2D eigenvalue weighted by molar-refractivity contribution is -0.138. The SMILES string of the molecule is NC(=O)c1cc([C@@H](O)CO)cc(-c2ccc(Oc3ccc(N)cc3C(F)(F)F)cc2)n1. The molecule has 1 heterocycles. The average molecular weight is 433 g/mol. The Morgan fingerprint density at radius 2 is 1.77 bits per heavy atom. The van der Waals surface area contributed by atoms with Crippen molar-refractivity contribution in [2.24, 2.45) is 5.73 Å². The lowest BCUT2D eigenvalue weighted by Crippen LogP contribution is -2.15. The van der Waals surface area contributed by atoms with Gasteiger partial charge < -0.3 is 26.4 Å². The quantitative estimate of drug-likeness (QED) is 0.441. The number of pyridine rings is 1. The van der Waals surface area contributed by atoms with Crippen LogP contribution in [0.25, 0.3) is 11.3 Å². The number of hydrogen-bond acceptors (Lipinski definition) is 6. The first-order valence-electron chi connectivity index (χ1n) is 8.94. The summed E-state index contributed by atoms with van der Waals surface area (Å²) < 4.78 is 45.1. The van der Waals surface area contributed by atoms with Gasteiger partial charge in [-0.25, -0.2) is 4.98 Å². The van der Waals surface area contributed by atoms with Crippen molar-refractivity contribution in [3.05, 3.63) is 71.4 Å². The van der Waals surface area contributed by atoms with Crippen molar-refractivity contribution >= 4 is 11.6 Å². The summed E-state index contributed by atoms with van der Waals surface area (Å²) in [7, 11) is 0. The normalized spacial score (nSPS) is 12.4. The van der Waals surface area contributed by atoms with E-state index >= 15 is 0 Å². The molecule has 1 atom stereocenters. The first kappa shape index (κ1) is 22.1. The average Bonchev–Trinajstić information content (AvgIpc) is 2.73. The molecule has 0 bridgehead atoms. The number of nitrogen functional groups attached to an aromatic ring is 1. The lowest BCUT2D eigenvalue weighted by atomic mass is 10.0. The summed E-state index contributed by atoms with van der Waals surface area (Å²) >= 11 is 0. The van der Waals surface area contributed by atoms with Gasteiger partial charge in [0.2, 0.25) is 0 Å². The predicted molar refractivity (Wildman–Crippen MR) is 106 cm³/mol. The fraction of sp³-hybridized carbons (Fsp3) is 0.143. The molecule has 162 valence electrons. The number of amides is 1. The van der Waals surface area contributed by atoms with Crippen LogP contribution in [0.5, 0.6) is 11.5 Å². The van der Waals surface area contributed by atoms with Gasteiger partial charge in [-0.3, -0.25) is 4.79 Å². The van der Waals surface area contributed by atoms with Crippen LogP contribution in [0.1, 0.15) is 27.7 Å². The van der Waals surface area contributed by atoms with Crippen molar-refractivity contribution in [3.63, 3.8) is 0 Å². The van der Waals surface area contributed by atoms with Gasteiger partial charge in [-0.1, -0.05) is 0 Å². The molecule has 3 aromatic rings. The molecule has 7 nitrogen and oxygen atoms in total. The third-order valence-electron chi connectivity index (χ3n) is 4.34. The number of benzene rings is 2. The number of rotatable bonds is 6. The van der Waals surface area contributed by atoms with Gasteiger partial charge in [-0.2, -0.15) is 13.2 Å². The van der Waals surface area contributed by atoms with Crippen LogP contribution < -0.4 is 16.2 Å². The number of nitrogens with zero attached hydrogens (tertiary/aromatic N) is 1. The zero-order chi connectivity index (χ0) is 22.8. The zero-order valence-corrected chi connectivity index (χ0v) is 15.9. The first-order valence-corrected chi connectivity index (χ1v) is 8.94. The number of ether oxygens (including phenoxy) is 1. The van der Waals surface area contributed by atoms with E-state index in [0.29, 0.717) is 5.56 Å². The minimum absolute atomic E-state index is 0.0451. The third kappa shape index (κ3) is 5.11. The van der Waals surface area contributed by atoms with E-state index in [2.05, 4.69) is 4.98 Å². The van der Waals surface area contributed by atoms with E-state index in [9.17, 15) is 23.1 Å². The van der Waals surface area contributed by atoms with Crippen LogP contribution in [0.4, 0.5) is 18.9 Å². The van der Waals surface area contributed by atoms with Gasteiger partial charge in [0.15, 0.2) is 0 Å². The summed E-state index contributed by atoms with van der Waals surface area (Å²) in [6.45, 7) is -0.572. The molecule has 2 aromatic carbocycles. The van der Waals surface area contributed by atoms with E-state index in [1.165, 1.54) is 42.5 Å². The Kier molecular flexibility index (Phi) is 6.14. The second kappa shape index (κ2) is 8.62. The summed E-state index contributed by atoms with van der Waals surface area (Å²) in [6.07, 6.45) is -5.89. The number of primary amides is 1. The molecule has 0 saturated carbocycles. The standard InChI is InChI=1S/C21H18F3N3O4/c22-21(23,24)15-9-13(25)3-6-19(15)31-14-4-1-11(2-5-14)16-7-12(18(29)10-28)8-17(27-16)20(26)30/h1-9,18,28-29H,10,25H2,(H2,26,30)/t18-/m0/s1. The molecule has 0 aliphatic rings. The summed E-state index contributed by atoms with van der Waals surface area (Å²) in [5.74, 6) is -1.10. The fourth-order valence-electron chi connectivity index (χ4n) is 2.80. The molecule has 10 heteroatoms. The maximum atomic E-state index is 13.2. The third-order valence-corrected chi connectivity index (χ3v) is 4.34. The summed E-state index contributed by atoms with van der Waals surface area (Å²) in [5, 5.41) is 19.0. The number of anilines is 1. The topological polar surface area (TPSA) is 132 Å². The van der Waals surface area contributed by atoms with Gasteiger partial charge in [0.1, 0.15) is 28.9 Å². The summed E-state index contributed by atoms with van der Waals surface area (Å²) in [5.41, 5.74) is 10.5. The van der Waals surface area contributed by atoms with E-state index in [1.54, 1.807) is 0 Å². The Labute approximate surface area is 174 Å². The Morgan fingerprint density at radius 1 is 1.10 bits per heavy atom. The molecule has 6 N–H and O–H groups in total. The van der Waals surface area contributed by atoms with Gasteiger partial charge in [-0.05, 0) is 60.2 Å². The van der Waals surface area contributed by atoms with Crippen LogP contribution in [-0.2, 0) is 6.18 Å². The number of alkyl halides is 3. The van der Waals surface area contributed by atoms with Crippen LogP contribution in [-0.4, -0.2) is 27.7 Å². The second-order valence-electron chi connectivity index (χ2n) is 6.61. The van der Waals surface area contributed by atoms with E-state index in [-0.39, 0.29) is 28.4 Å². The molecule has 0 saturated heterocycles. The number of aliphatic hydroxyl groups is 2. The number of halogens is 3. The highest BCUT2D eigenvalue weighted by atomic mass is 19.4. The Balaban J connectivity index is 1.93. The van der Waals surface area contributed by atoms with E-state index in [0.717, 1.165) is 12.1 Å². The molecular formula is C21H18F3N3O4. The highest BCUT2D eigenvalue weighted by Gasteiger charge is 2.34. The highest BCUT2D eigenvalue weighted by Crippen LogP contribution is 2.39. The maximum absolute atomic E-state index is 13.2. The molecule has 0 radical (unpaired) electrons. The highest BCUT2D eigenvalue weighted by molar-refractivity contribution is 5.91. The van der Waals surface area contributed by atoms with E-state index < -0.39 is 36.1 Å². The molecule has 3 rings (SSSR count). The Bertz CT molecular complexity index is 1100. The molecule has 0 aliphatic carbocycles. The van der Waals surface area contributed by atoms with Crippen LogP contribution in [0.2, 0.25) is 0 Å². The van der Waals surface area contributed by atoms with Gasteiger partial charge in [-0.15, -0.1) is 0 Å². The van der Waals surface area contributed by atoms with Crippen LogP contribution >= 0.6 is 0 Å². The van der Waals surface area contributed by atoms with Crippen molar-refractivity contribution in [2.45, 2.75) is 12.3 Å². The Hall–Kier alpha value is -3.63. The predicted octanol–water partition coefficient (Wildman–Crippen LogP) is 3.27. The van der Waals surface area contributed by atoms with Gasteiger partial charge in [0, 0.05) is 11.3 Å². The number of aromatic nitrogens is 1. The molecule has 1 amide bonds. The molecule has 0 fully saturated rings. The van der Waals surface area contributed by atoms with Crippen molar-refractivity contribution in [2.75, 3.05) is 12.3 Å². The monoisotopic (exact) mass is 433 g/mol. The molecule has 0 unspecified atom stereocenters. The van der Waals surface area contributed by atoms with E-state index in [4.69, 9.17) is 21.3 Å². The van der Waals surface area contributed by atoms with Gasteiger partial charge in [0.05, 0.1) is 12.3 Å². The molecule has 31 heavy (non-hydrogen) atoms. The zero-order valence-electron chi connectivity index (χ0n) is 15.9. The minimum atomic E-state index is -4.65. The molecule has 0 spiro atoms. The molecule has 0 aliphatic heterocycles. The van der Waals surface area contributed by atoms with Crippen LogP contribution in [0.3, 0.4) is 0 Å². The fourth-order valence-corrected chi connectivity index (χ4v) is 2.80.